The van der Waals surface area contributed by atoms with Crippen molar-refractivity contribution in [1.82, 2.24) is 0 Å². The van der Waals surface area contributed by atoms with Crippen LogP contribution in [0, 0.1) is 0 Å². The van der Waals surface area contributed by atoms with Gasteiger partial charge in [0.05, 0.1) is 9.72 Å². The van der Waals surface area contributed by atoms with Gasteiger partial charge in [-0.15, -0.1) is 34.0 Å². The Balaban J connectivity index is 2.00. The van der Waals surface area contributed by atoms with E-state index in [1.807, 2.05) is 34.0 Å². The molecular weight excluding hydrogens is 396 g/mol. The maximum atomic E-state index is 6.59. The molecule has 4 aromatic carbocycles. The first-order valence-electron chi connectivity index (χ1n) is 8.39. The maximum absolute atomic E-state index is 6.59. The zero-order valence-corrected chi connectivity index (χ0v) is 16.5. The lowest BCUT2D eigenvalue weighted by molar-refractivity contribution is 1.84. The second-order valence-corrected chi connectivity index (χ2v) is 10.3. The molecule has 0 aliphatic rings. The third-order valence-corrected chi connectivity index (χ3v) is 9.22. The molecule has 4 heteroatoms. The molecule has 0 amide bonds. The second-order valence-electron chi connectivity index (χ2n) is 6.67. The standard InChI is InChI=1S/C22H9ClS3/c23-12-5-6-15-19-18-14(26-22(12)19)8-7-13-17(18)20-16(24-13)9-10-3-1-2-4-11(10)21(20)25-15/h1-9H. The molecule has 0 N–H and O–H groups in total. The maximum Gasteiger partial charge on any atom is 0.0585 e. The molecule has 0 atom stereocenters. The van der Waals surface area contributed by atoms with Crippen molar-refractivity contribution in [2.24, 2.45) is 0 Å². The summed E-state index contributed by atoms with van der Waals surface area (Å²) in [6.45, 7) is 0. The van der Waals surface area contributed by atoms with Gasteiger partial charge >= 0.3 is 0 Å². The van der Waals surface area contributed by atoms with Crippen molar-refractivity contribution in [1.29, 1.82) is 0 Å². The molecule has 26 heavy (non-hydrogen) atoms. The fraction of sp³-hybridized carbons (Fsp3) is 0. The lowest BCUT2D eigenvalue weighted by Gasteiger charge is -2.02. The summed E-state index contributed by atoms with van der Waals surface area (Å²) < 4.78 is 8.02. The van der Waals surface area contributed by atoms with Gasteiger partial charge in [-0.2, -0.15) is 0 Å². The molecule has 0 radical (unpaired) electrons. The van der Waals surface area contributed by atoms with Crippen molar-refractivity contribution in [2.75, 3.05) is 0 Å². The normalized spacial score (nSPS) is 12.8. The smallest absolute Gasteiger partial charge is 0.0585 e. The number of hydrogen-bond donors (Lipinski definition) is 0. The van der Waals surface area contributed by atoms with Crippen molar-refractivity contribution < 1.29 is 0 Å². The summed E-state index contributed by atoms with van der Waals surface area (Å²) in [7, 11) is 0. The second kappa shape index (κ2) is 4.68. The van der Waals surface area contributed by atoms with Crippen molar-refractivity contribution >= 4 is 106 Å². The Bertz CT molecular complexity index is 1640. The topological polar surface area (TPSA) is 0 Å². The van der Waals surface area contributed by atoms with Crippen LogP contribution < -0.4 is 0 Å². The van der Waals surface area contributed by atoms with E-state index in [1.165, 1.54) is 60.5 Å². The zero-order chi connectivity index (χ0) is 17.0. The summed E-state index contributed by atoms with van der Waals surface area (Å²) in [5, 5.41) is 9.11. The monoisotopic (exact) mass is 404 g/mol. The Labute approximate surface area is 165 Å². The highest BCUT2D eigenvalue weighted by Gasteiger charge is 2.20. The number of rotatable bonds is 0. The van der Waals surface area contributed by atoms with Gasteiger partial charge < -0.3 is 0 Å². The van der Waals surface area contributed by atoms with E-state index >= 15 is 0 Å². The van der Waals surface area contributed by atoms with Crippen molar-refractivity contribution in [3.05, 3.63) is 59.6 Å². The van der Waals surface area contributed by atoms with Gasteiger partial charge in [-0.05, 0) is 41.1 Å². The molecule has 0 spiro atoms. The summed E-state index contributed by atoms with van der Waals surface area (Å²) >= 11 is 12.2. The molecule has 7 rings (SSSR count). The Hall–Kier alpha value is -1.91. The van der Waals surface area contributed by atoms with E-state index in [0.29, 0.717) is 0 Å². The van der Waals surface area contributed by atoms with Crippen LogP contribution in [0.5, 0.6) is 0 Å². The van der Waals surface area contributed by atoms with Gasteiger partial charge in [0, 0.05) is 45.0 Å². The molecule has 0 unspecified atom stereocenters. The minimum absolute atomic E-state index is 0.862. The molecule has 0 saturated carbocycles. The summed E-state index contributed by atoms with van der Waals surface area (Å²) in [5.41, 5.74) is 0. The Kier molecular flexibility index (Phi) is 2.55. The van der Waals surface area contributed by atoms with Crippen molar-refractivity contribution in [3.63, 3.8) is 0 Å². The number of fused-ring (bicyclic) bond motifs is 2. The van der Waals surface area contributed by atoms with E-state index in [-0.39, 0.29) is 0 Å². The van der Waals surface area contributed by atoms with E-state index in [9.17, 15) is 0 Å². The summed E-state index contributed by atoms with van der Waals surface area (Å²) in [4.78, 5) is 0. The third kappa shape index (κ3) is 1.57. The van der Waals surface area contributed by atoms with Gasteiger partial charge in [-0.1, -0.05) is 35.9 Å². The van der Waals surface area contributed by atoms with Crippen LogP contribution in [0.3, 0.4) is 0 Å². The number of hydrogen-bond acceptors (Lipinski definition) is 3. The van der Waals surface area contributed by atoms with Gasteiger partial charge in [-0.25, -0.2) is 0 Å². The van der Waals surface area contributed by atoms with Crippen molar-refractivity contribution in [2.45, 2.75) is 0 Å². The van der Waals surface area contributed by atoms with Crippen LogP contribution in [-0.4, -0.2) is 0 Å². The predicted octanol–water partition coefficient (Wildman–Crippen LogP) is 8.88. The average molecular weight is 405 g/mol. The lowest BCUT2D eigenvalue weighted by atomic mass is 10.0. The average Bonchev–Trinajstić information content (AvgIpc) is 3.17. The van der Waals surface area contributed by atoms with Gasteiger partial charge in [0.2, 0.25) is 0 Å². The minimum Gasteiger partial charge on any atom is -0.135 e. The minimum atomic E-state index is 0.862. The number of thiophene rings is 2. The van der Waals surface area contributed by atoms with Gasteiger partial charge in [-0.3, -0.25) is 0 Å². The third-order valence-electron chi connectivity index (χ3n) is 5.31. The van der Waals surface area contributed by atoms with Gasteiger partial charge in [0.15, 0.2) is 0 Å². The predicted molar refractivity (Wildman–Crippen MR) is 121 cm³/mol. The highest BCUT2D eigenvalue weighted by atomic mass is 35.5. The molecular formula is C22H9ClS3. The van der Waals surface area contributed by atoms with Crippen molar-refractivity contribution in [3.8, 4) is 0 Å². The Morgan fingerprint density at radius 2 is 1.23 bits per heavy atom. The highest BCUT2D eigenvalue weighted by molar-refractivity contribution is 7.32. The van der Waals surface area contributed by atoms with Crippen LogP contribution in [0.25, 0.3) is 60.5 Å². The molecule has 3 heterocycles. The Morgan fingerprint density at radius 1 is 0.577 bits per heavy atom. The first kappa shape index (κ1) is 14.2. The van der Waals surface area contributed by atoms with Gasteiger partial charge in [0.25, 0.3) is 0 Å². The molecule has 0 saturated heterocycles. The van der Waals surface area contributed by atoms with Crippen LogP contribution in [0.1, 0.15) is 0 Å². The summed E-state index contributed by atoms with van der Waals surface area (Å²) in [6, 6.07) is 19.9. The van der Waals surface area contributed by atoms with Gasteiger partial charge in [0.1, 0.15) is 0 Å². The quantitative estimate of drug-likeness (QED) is 0.236. The SMILES string of the molecule is Clc1ccc2sc3c4ccccc4cc4sc5ccc6sc1c2c6c5c43. The first-order valence-corrected chi connectivity index (χ1v) is 11.2. The van der Waals surface area contributed by atoms with E-state index in [1.54, 1.807) is 0 Å². The molecule has 0 bridgehead atoms. The van der Waals surface area contributed by atoms with E-state index in [0.717, 1.165) is 5.02 Å². The van der Waals surface area contributed by atoms with E-state index in [2.05, 4.69) is 54.6 Å². The van der Waals surface area contributed by atoms with Crippen LogP contribution in [0.2, 0.25) is 5.02 Å². The first-order chi connectivity index (χ1) is 12.8. The molecule has 0 fully saturated rings. The molecule has 0 aliphatic heterocycles. The van der Waals surface area contributed by atoms with Crippen LogP contribution >= 0.6 is 45.6 Å². The summed E-state index contributed by atoms with van der Waals surface area (Å²) in [5.74, 6) is 0. The van der Waals surface area contributed by atoms with Crippen LogP contribution in [0.15, 0.2) is 54.6 Å². The molecule has 0 nitrogen and oxygen atoms in total. The highest BCUT2D eigenvalue weighted by Crippen LogP contribution is 2.52. The van der Waals surface area contributed by atoms with E-state index in [4.69, 9.17) is 11.6 Å². The zero-order valence-electron chi connectivity index (χ0n) is 13.3. The number of benzene rings is 4. The van der Waals surface area contributed by atoms with Crippen LogP contribution in [-0.2, 0) is 0 Å². The van der Waals surface area contributed by atoms with Crippen LogP contribution in [0.4, 0.5) is 0 Å². The number of halogens is 1. The van der Waals surface area contributed by atoms with E-state index < -0.39 is 0 Å². The largest absolute Gasteiger partial charge is 0.135 e. The fourth-order valence-corrected chi connectivity index (χ4v) is 8.23. The lowest BCUT2D eigenvalue weighted by Crippen LogP contribution is -1.73. The fourth-order valence-electron chi connectivity index (χ4n) is 4.24. The molecule has 122 valence electrons. The summed E-state index contributed by atoms with van der Waals surface area (Å²) in [6.07, 6.45) is 0. The molecule has 3 aromatic heterocycles. The molecule has 0 aliphatic carbocycles. The Morgan fingerprint density at radius 3 is 2.12 bits per heavy atom. The molecule has 7 aromatic rings.